The molecule has 0 radical (unpaired) electrons. The van der Waals surface area contributed by atoms with Crippen molar-refractivity contribution in [3.05, 3.63) is 52.8 Å². The maximum Gasteiger partial charge on any atom is 0.254 e. The highest BCUT2D eigenvalue weighted by atomic mass is 16.2. The summed E-state index contributed by atoms with van der Waals surface area (Å²) >= 11 is 0. The van der Waals surface area contributed by atoms with Crippen LogP contribution in [0.2, 0.25) is 0 Å². The van der Waals surface area contributed by atoms with Crippen LogP contribution in [-0.4, -0.2) is 47.5 Å². The summed E-state index contributed by atoms with van der Waals surface area (Å²) in [5.74, 6) is 1.41. The summed E-state index contributed by atoms with van der Waals surface area (Å²) in [6, 6.07) is 10.0. The van der Waals surface area contributed by atoms with Crippen molar-refractivity contribution in [3.63, 3.8) is 0 Å². The predicted molar refractivity (Wildman–Crippen MR) is 105 cm³/mol. The van der Waals surface area contributed by atoms with Crippen LogP contribution < -0.4 is 4.90 Å². The van der Waals surface area contributed by atoms with Gasteiger partial charge in [0.25, 0.3) is 5.91 Å². The van der Waals surface area contributed by atoms with Crippen LogP contribution >= 0.6 is 0 Å². The van der Waals surface area contributed by atoms with Gasteiger partial charge in [0.05, 0.1) is 0 Å². The van der Waals surface area contributed by atoms with Gasteiger partial charge in [0.2, 0.25) is 5.95 Å². The molecule has 1 amide bonds. The standard InChI is InChI=1S/C21H28N4O/c1-5-25(13-12-24(4)21-22-15(2)14-16(3)23-21)20(26)19-9-7-6-8-18(19)17-10-11-17/h6-9,14,17H,5,10-13H2,1-4H3. The van der Waals surface area contributed by atoms with Crippen molar-refractivity contribution in [1.82, 2.24) is 14.9 Å². The Morgan fingerprint density at radius 2 is 1.77 bits per heavy atom. The largest absolute Gasteiger partial charge is 0.342 e. The van der Waals surface area contributed by atoms with Crippen LogP contribution in [0.15, 0.2) is 30.3 Å². The number of hydrogen-bond acceptors (Lipinski definition) is 4. The molecule has 0 spiro atoms. The van der Waals surface area contributed by atoms with Gasteiger partial charge in [0.15, 0.2) is 0 Å². The lowest BCUT2D eigenvalue weighted by atomic mass is 10.0. The van der Waals surface area contributed by atoms with E-state index in [-0.39, 0.29) is 5.91 Å². The van der Waals surface area contributed by atoms with Crippen molar-refractivity contribution in [2.45, 2.75) is 39.5 Å². The lowest BCUT2D eigenvalue weighted by Crippen LogP contribution is -2.38. The molecule has 0 N–H and O–H groups in total. The van der Waals surface area contributed by atoms with E-state index in [9.17, 15) is 4.79 Å². The number of anilines is 1. The first-order chi connectivity index (χ1) is 12.5. The number of benzene rings is 1. The number of carbonyl (C=O) groups is 1. The molecule has 1 aromatic carbocycles. The molecule has 1 aliphatic rings. The summed E-state index contributed by atoms with van der Waals surface area (Å²) in [5, 5.41) is 0. The number of hydrogen-bond donors (Lipinski definition) is 0. The Kier molecular flexibility index (Phi) is 5.55. The summed E-state index contributed by atoms with van der Waals surface area (Å²) in [6.07, 6.45) is 2.40. The molecule has 1 heterocycles. The highest BCUT2D eigenvalue weighted by Crippen LogP contribution is 2.41. The summed E-state index contributed by atoms with van der Waals surface area (Å²) in [4.78, 5) is 26.0. The van der Waals surface area contributed by atoms with Crippen molar-refractivity contribution in [2.24, 2.45) is 0 Å². The zero-order valence-electron chi connectivity index (χ0n) is 16.2. The van der Waals surface area contributed by atoms with Crippen LogP contribution in [-0.2, 0) is 0 Å². The first-order valence-corrected chi connectivity index (χ1v) is 9.41. The Hall–Kier alpha value is -2.43. The van der Waals surface area contributed by atoms with Gasteiger partial charge < -0.3 is 9.80 Å². The fourth-order valence-electron chi connectivity index (χ4n) is 3.26. The molecule has 5 nitrogen and oxygen atoms in total. The molecular formula is C21H28N4O. The first-order valence-electron chi connectivity index (χ1n) is 9.41. The van der Waals surface area contributed by atoms with Crippen molar-refractivity contribution < 1.29 is 4.79 Å². The lowest BCUT2D eigenvalue weighted by molar-refractivity contribution is 0.0767. The van der Waals surface area contributed by atoms with Gasteiger partial charge >= 0.3 is 0 Å². The number of aryl methyl sites for hydroxylation is 2. The quantitative estimate of drug-likeness (QED) is 0.764. The maximum absolute atomic E-state index is 13.1. The summed E-state index contributed by atoms with van der Waals surface area (Å²) < 4.78 is 0. The lowest BCUT2D eigenvalue weighted by Gasteiger charge is -2.26. The Morgan fingerprint density at radius 1 is 1.12 bits per heavy atom. The normalized spacial score (nSPS) is 13.5. The molecule has 1 fully saturated rings. The van der Waals surface area contributed by atoms with Gasteiger partial charge in [-0.15, -0.1) is 0 Å². The van der Waals surface area contributed by atoms with Crippen molar-refractivity contribution in [2.75, 3.05) is 31.6 Å². The van der Waals surface area contributed by atoms with Crippen LogP contribution in [0.1, 0.15) is 53.0 Å². The van der Waals surface area contributed by atoms with Crippen LogP contribution in [0.25, 0.3) is 0 Å². The zero-order chi connectivity index (χ0) is 18.7. The monoisotopic (exact) mass is 352 g/mol. The minimum Gasteiger partial charge on any atom is -0.342 e. The smallest absolute Gasteiger partial charge is 0.254 e. The third-order valence-corrected chi connectivity index (χ3v) is 4.89. The summed E-state index contributed by atoms with van der Waals surface area (Å²) in [6.45, 7) is 8.03. The third kappa shape index (κ3) is 4.21. The summed E-state index contributed by atoms with van der Waals surface area (Å²) in [7, 11) is 1.98. The molecule has 3 rings (SSSR count). The molecule has 0 bridgehead atoms. The highest BCUT2D eigenvalue weighted by molar-refractivity contribution is 5.96. The zero-order valence-corrected chi connectivity index (χ0v) is 16.2. The number of likely N-dealkylation sites (N-methyl/N-ethyl adjacent to an activating group) is 2. The van der Waals surface area contributed by atoms with Crippen LogP contribution in [0.5, 0.6) is 0 Å². The van der Waals surface area contributed by atoms with Crippen molar-refractivity contribution in [3.8, 4) is 0 Å². The second-order valence-corrected chi connectivity index (χ2v) is 7.12. The van der Waals surface area contributed by atoms with E-state index in [0.29, 0.717) is 31.5 Å². The van der Waals surface area contributed by atoms with Gasteiger partial charge in [-0.3, -0.25) is 4.79 Å². The van der Waals surface area contributed by atoms with Gasteiger partial charge in [-0.05, 0) is 57.2 Å². The van der Waals surface area contributed by atoms with E-state index < -0.39 is 0 Å². The molecule has 2 aromatic rings. The Bertz CT molecular complexity index is 765. The molecule has 1 aliphatic carbocycles. The second-order valence-electron chi connectivity index (χ2n) is 7.12. The fourth-order valence-corrected chi connectivity index (χ4v) is 3.26. The van der Waals surface area contributed by atoms with Crippen LogP contribution in [0, 0.1) is 13.8 Å². The summed E-state index contributed by atoms with van der Waals surface area (Å²) in [5.41, 5.74) is 3.99. The van der Waals surface area contributed by atoms with E-state index >= 15 is 0 Å². The molecule has 138 valence electrons. The number of rotatable bonds is 7. The second kappa shape index (κ2) is 7.85. The molecule has 5 heteroatoms. The SMILES string of the molecule is CCN(CCN(C)c1nc(C)cc(C)n1)C(=O)c1ccccc1C1CC1. The highest BCUT2D eigenvalue weighted by Gasteiger charge is 2.29. The van der Waals surface area contributed by atoms with E-state index in [1.807, 2.05) is 61.9 Å². The van der Waals surface area contributed by atoms with Gasteiger partial charge in [0.1, 0.15) is 0 Å². The molecule has 1 aromatic heterocycles. The van der Waals surface area contributed by atoms with Crippen LogP contribution in [0.4, 0.5) is 5.95 Å². The molecule has 0 atom stereocenters. The molecular weight excluding hydrogens is 324 g/mol. The molecule has 0 unspecified atom stereocenters. The maximum atomic E-state index is 13.1. The van der Waals surface area contributed by atoms with E-state index in [1.54, 1.807) is 0 Å². The number of nitrogens with zero attached hydrogens (tertiary/aromatic N) is 4. The first kappa shape index (κ1) is 18.4. The number of aromatic nitrogens is 2. The van der Waals surface area contributed by atoms with E-state index in [2.05, 4.69) is 16.0 Å². The Labute approximate surface area is 156 Å². The third-order valence-electron chi connectivity index (χ3n) is 4.89. The van der Waals surface area contributed by atoms with E-state index in [0.717, 1.165) is 17.0 Å². The molecule has 1 saturated carbocycles. The predicted octanol–water partition coefficient (Wildman–Crippen LogP) is 3.57. The van der Waals surface area contributed by atoms with Gasteiger partial charge in [0, 0.05) is 43.6 Å². The fraction of sp³-hybridized carbons (Fsp3) is 0.476. The molecule has 0 saturated heterocycles. The minimum atomic E-state index is 0.129. The van der Waals surface area contributed by atoms with Crippen molar-refractivity contribution in [1.29, 1.82) is 0 Å². The molecule has 26 heavy (non-hydrogen) atoms. The average Bonchev–Trinajstić information content (AvgIpc) is 3.46. The van der Waals surface area contributed by atoms with Gasteiger partial charge in [-0.2, -0.15) is 0 Å². The van der Waals surface area contributed by atoms with E-state index in [1.165, 1.54) is 18.4 Å². The van der Waals surface area contributed by atoms with Crippen LogP contribution in [0.3, 0.4) is 0 Å². The number of amides is 1. The number of carbonyl (C=O) groups excluding carboxylic acids is 1. The van der Waals surface area contributed by atoms with Gasteiger partial charge in [-0.25, -0.2) is 9.97 Å². The van der Waals surface area contributed by atoms with Crippen molar-refractivity contribution >= 4 is 11.9 Å². The Morgan fingerprint density at radius 3 is 2.38 bits per heavy atom. The van der Waals surface area contributed by atoms with Gasteiger partial charge in [-0.1, -0.05) is 18.2 Å². The topological polar surface area (TPSA) is 49.3 Å². The molecule has 0 aliphatic heterocycles. The average molecular weight is 352 g/mol. The van der Waals surface area contributed by atoms with E-state index in [4.69, 9.17) is 0 Å². The minimum absolute atomic E-state index is 0.129. The Balaban J connectivity index is 1.68.